The zero-order valence-electron chi connectivity index (χ0n) is 15.7. The van der Waals surface area contributed by atoms with Crippen molar-refractivity contribution in [2.24, 2.45) is 0 Å². The number of fused-ring (bicyclic) bond motifs is 3. The minimum Gasteiger partial charge on any atom is -0.507 e. The SMILES string of the molecule is O=C1C[C@H](c2ccccc2)c2c(cc(O)c3c(=O)c(O)c(-c4ccccc4)oc23)O1. The van der Waals surface area contributed by atoms with Crippen molar-refractivity contribution in [3.8, 4) is 28.6 Å². The number of benzene rings is 3. The number of carbonyl (C=O) groups is 1. The fraction of sp³-hybridized carbons (Fsp3) is 0.0833. The summed E-state index contributed by atoms with van der Waals surface area (Å²) in [6.07, 6.45) is 0.0577. The third-order valence-corrected chi connectivity index (χ3v) is 5.30. The summed E-state index contributed by atoms with van der Waals surface area (Å²) in [5.74, 6) is -1.76. The number of hydrogen-bond donors (Lipinski definition) is 2. The maximum absolute atomic E-state index is 13.0. The average Bonchev–Trinajstić information content (AvgIpc) is 2.76. The minimum absolute atomic E-state index is 0.00962. The van der Waals surface area contributed by atoms with Gasteiger partial charge in [-0.2, -0.15) is 0 Å². The Kier molecular flexibility index (Phi) is 4.06. The van der Waals surface area contributed by atoms with Gasteiger partial charge < -0.3 is 19.4 Å². The third-order valence-electron chi connectivity index (χ3n) is 5.30. The van der Waals surface area contributed by atoms with Crippen LogP contribution in [-0.4, -0.2) is 16.2 Å². The summed E-state index contributed by atoms with van der Waals surface area (Å²) >= 11 is 0. The highest BCUT2D eigenvalue weighted by atomic mass is 16.5. The molecule has 4 aromatic rings. The molecular formula is C24H16O6. The van der Waals surface area contributed by atoms with Crippen molar-refractivity contribution in [1.82, 2.24) is 0 Å². The molecule has 30 heavy (non-hydrogen) atoms. The number of hydrogen-bond acceptors (Lipinski definition) is 6. The fourth-order valence-corrected chi connectivity index (χ4v) is 3.94. The molecule has 0 aliphatic carbocycles. The van der Waals surface area contributed by atoms with Gasteiger partial charge in [0.2, 0.25) is 11.2 Å². The Balaban J connectivity index is 1.88. The second-order valence-electron chi connectivity index (χ2n) is 7.13. The standard InChI is InChI=1S/C24H16O6/c25-16-12-17-19(15(11-18(26)29-17)13-7-3-1-4-8-13)24-20(16)21(27)22(28)23(30-24)14-9-5-2-6-10-14/h1-10,12,15,25,28H,11H2/t15-/m1/s1. The molecule has 0 unspecified atom stereocenters. The van der Waals surface area contributed by atoms with Crippen LogP contribution in [0.5, 0.6) is 17.2 Å². The lowest BCUT2D eigenvalue weighted by Crippen LogP contribution is -2.22. The van der Waals surface area contributed by atoms with Crippen molar-refractivity contribution < 1.29 is 24.2 Å². The molecule has 0 bridgehead atoms. The summed E-state index contributed by atoms with van der Waals surface area (Å²) in [6, 6.07) is 19.3. The van der Waals surface area contributed by atoms with Gasteiger partial charge in [0.25, 0.3) is 0 Å². The van der Waals surface area contributed by atoms with Crippen LogP contribution in [0.1, 0.15) is 23.5 Å². The molecule has 6 heteroatoms. The Hall–Kier alpha value is -4.06. The average molecular weight is 400 g/mol. The second-order valence-corrected chi connectivity index (χ2v) is 7.13. The molecule has 0 saturated heterocycles. The predicted molar refractivity (Wildman–Crippen MR) is 110 cm³/mol. The Labute approximate surface area is 170 Å². The van der Waals surface area contributed by atoms with Gasteiger partial charge >= 0.3 is 5.97 Å². The number of esters is 1. The maximum Gasteiger partial charge on any atom is 0.312 e. The summed E-state index contributed by atoms with van der Waals surface area (Å²) in [6.45, 7) is 0. The molecule has 2 N–H and O–H groups in total. The van der Waals surface area contributed by atoms with Crippen molar-refractivity contribution >= 4 is 16.9 Å². The predicted octanol–water partition coefficient (Wildman–Crippen LogP) is 4.31. The molecule has 1 aliphatic rings. The number of aromatic hydroxyl groups is 2. The van der Waals surface area contributed by atoms with E-state index >= 15 is 0 Å². The van der Waals surface area contributed by atoms with Gasteiger partial charge in [-0.15, -0.1) is 0 Å². The molecule has 1 aliphatic heterocycles. The zero-order valence-corrected chi connectivity index (χ0v) is 15.7. The molecule has 0 amide bonds. The summed E-state index contributed by atoms with van der Waals surface area (Å²) in [4.78, 5) is 25.2. The monoisotopic (exact) mass is 400 g/mol. The van der Waals surface area contributed by atoms with E-state index in [1.165, 1.54) is 6.07 Å². The molecule has 0 radical (unpaired) electrons. The molecule has 0 spiro atoms. The van der Waals surface area contributed by atoms with Gasteiger partial charge in [-0.1, -0.05) is 60.7 Å². The molecule has 1 atom stereocenters. The topological polar surface area (TPSA) is 97.0 Å². The summed E-state index contributed by atoms with van der Waals surface area (Å²) < 4.78 is 11.4. The summed E-state index contributed by atoms with van der Waals surface area (Å²) in [7, 11) is 0. The van der Waals surface area contributed by atoms with Crippen LogP contribution in [-0.2, 0) is 4.79 Å². The number of ether oxygens (including phenoxy) is 1. The van der Waals surface area contributed by atoms with Gasteiger partial charge in [0, 0.05) is 23.1 Å². The van der Waals surface area contributed by atoms with Gasteiger partial charge in [0.05, 0.1) is 6.42 Å². The second kappa shape index (κ2) is 6.77. The Morgan fingerprint density at radius 3 is 2.27 bits per heavy atom. The van der Waals surface area contributed by atoms with Crippen molar-refractivity contribution in [2.75, 3.05) is 0 Å². The van der Waals surface area contributed by atoms with E-state index in [-0.39, 0.29) is 28.9 Å². The number of carbonyl (C=O) groups excluding carboxylic acids is 1. The zero-order chi connectivity index (χ0) is 20.8. The first-order valence-corrected chi connectivity index (χ1v) is 9.41. The van der Waals surface area contributed by atoms with Crippen molar-refractivity contribution in [1.29, 1.82) is 0 Å². The Morgan fingerprint density at radius 1 is 0.900 bits per heavy atom. The summed E-state index contributed by atoms with van der Waals surface area (Å²) in [5.41, 5.74) is 1.18. The lowest BCUT2D eigenvalue weighted by Gasteiger charge is -2.26. The van der Waals surface area contributed by atoms with Crippen LogP contribution in [0.4, 0.5) is 0 Å². The van der Waals surface area contributed by atoms with E-state index in [2.05, 4.69) is 0 Å². The minimum atomic E-state index is -0.751. The molecule has 0 saturated carbocycles. The van der Waals surface area contributed by atoms with Gasteiger partial charge in [0.1, 0.15) is 22.5 Å². The van der Waals surface area contributed by atoms with Crippen LogP contribution in [0, 0.1) is 0 Å². The van der Waals surface area contributed by atoms with Gasteiger partial charge in [-0.3, -0.25) is 9.59 Å². The molecule has 148 valence electrons. The first-order chi connectivity index (χ1) is 14.5. The van der Waals surface area contributed by atoms with E-state index in [1.54, 1.807) is 30.3 Å². The van der Waals surface area contributed by atoms with Crippen LogP contribution in [0.2, 0.25) is 0 Å². The quantitative estimate of drug-likeness (QED) is 0.384. The normalized spacial score (nSPS) is 15.6. The maximum atomic E-state index is 13.0. The van der Waals surface area contributed by atoms with E-state index in [1.807, 2.05) is 30.3 Å². The first-order valence-electron chi connectivity index (χ1n) is 9.41. The highest BCUT2D eigenvalue weighted by Gasteiger charge is 2.34. The van der Waals surface area contributed by atoms with Crippen LogP contribution in [0.15, 0.2) is 75.9 Å². The van der Waals surface area contributed by atoms with Crippen molar-refractivity contribution in [3.05, 3.63) is 88.1 Å². The molecule has 6 nitrogen and oxygen atoms in total. The Morgan fingerprint density at radius 2 is 1.57 bits per heavy atom. The van der Waals surface area contributed by atoms with E-state index in [9.17, 15) is 19.8 Å². The molecule has 2 heterocycles. The van der Waals surface area contributed by atoms with Gasteiger partial charge in [-0.25, -0.2) is 0 Å². The number of phenolic OH excluding ortho intramolecular Hbond substituents is 1. The Bertz CT molecular complexity index is 1340. The number of phenols is 1. The largest absolute Gasteiger partial charge is 0.507 e. The molecular weight excluding hydrogens is 384 g/mol. The third kappa shape index (κ3) is 2.73. The lowest BCUT2D eigenvalue weighted by molar-refractivity contribution is -0.135. The van der Waals surface area contributed by atoms with E-state index in [0.717, 1.165) is 5.56 Å². The molecule has 3 aromatic carbocycles. The van der Waals surface area contributed by atoms with E-state index in [0.29, 0.717) is 11.1 Å². The van der Waals surface area contributed by atoms with Crippen molar-refractivity contribution in [3.63, 3.8) is 0 Å². The van der Waals surface area contributed by atoms with Gasteiger partial charge in [0.15, 0.2) is 5.76 Å². The highest BCUT2D eigenvalue weighted by Crippen LogP contribution is 2.46. The van der Waals surface area contributed by atoms with E-state index < -0.39 is 28.8 Å². The van der Waals surface area contributed by atoms with Crippen LogP contribution < -0.4 is 10.2 Å². The van der Waals surface area contributed by atoms with Crippen LogP contribution in [0.3, 0.4) is 0 Å². The smallest absolute Gasteiger partial charge is 0.312 e. The lowest BCUT2D eigenvalue weighted by atomic mass is 9.85. The van der Waals surface area contributed by atoms with Gasteiger partial charge in [-0.05, 0) is 5.56 Å². The van der Waals surface area contributed by atoms with Crippen molar-refractivity contribution in [2.45, 2.75) is 12.3 Å². The molecule has 5 rings (SSSR count). The van der Waals surface area contributed by atoms with Crippen LogP contribution in [0.25, 0.3) is 22.3 Å². The highest BCUT2D eigenvalue weighted by molar-refractivity contribution is 5.94. The first kappa shape index (κ1) is 18.0. The molecule has 1 aromatic heterocycles. The molecule has 0 fully saturated rings. The van der Waals surface area contributed by atoms with E-state index in [4.69, 9.17) is 9.15 Å². The number of rotatable bonds is 2. The summed E-state index contributed by atoms with van der Waals surface area (Å²) in [5, 5.41) is 20.8. The fourth-order valence-electron chi connectivity index (χ4n) is 3.94. The van der Waals surface area contributed by atoms with Crippen LogP contribution >= 0.6 is 0 Å².